The van der Waals surface area contributed by atoms with Crippen LogP contribution in [0.2, 0.25) is 0 Å². The number of Topliss-reactive ketones (excluding diaryl/α,β-unsaturated/α-hetero) is 1. The van der Waals surface area contributed by atoms with Crippen molar-refractivity contribution in [2.45, 2.75) is 63.8 Å². The molecule has 0 saturated heterocycles. The second-order valence-electron chi connectivity index (χ2n) is 9.75. The van der Waals surface area contributed by atoms with Gasteiger partial charge >= 0.3 is 29.6 Å². The molecule has 3 N–H and O–H groups in total. The van der Waals surface area contributed by atoms with E-state index in [4.69, 9.17) is 0 Å². The first kappa shape index (κ1) is 26.2. The molecule has 0 aliphatic heterocycles. The van der Waals surface area contributed by atoms with E-state index in [-0.39, 0.29) is 60.1 Å². The molecule has 164 valence electrons. The molecule has 3 fully saturated rings. The standard InChI is InChI=1S/C22H29FO5.ClH.Na.H/c1-12-8-16-15-5-4-13-9-14(25)6-7-19(13,2)21(15,23)17(26)10-20(16,3)22(12,28)18(27)11-24;;;/h6-7,9,12,15-17,24,26,28H,4-5,8,10-11H2,1-3H3;1H;;/t12-,15+,16+,17+,19+,20+,21+,22+;;;/m1.../s1. The molecule has 8 heteroatoms. The van der Waals surface area contributed by atoms with Crippen LogP contribution in [0.15, 0.2) is 23.8 Å². The molecule has 4 aliphatic rings. The molecule has 3 saturated carbocycles. The van der Waals surface area contributed by atoms with Gasteiger partial charge in [-0.3, -0.25) is 9.59 Å². The summed E-state index contributed by atoms with van der Waals surface area (Å²) in [6, 6.07) is 0. The molecule has 5 nitrogen and oxygen atoms in total. The summed E-state index contributed by atoms with van der Waals surface area (Å²) in [5, 5.41) is 32.0. The van der Waals surface area contributed by atoms with Gasteiger partial charge in [0.15, 0.2) is 17.2 Å². The summed E-state index contributed by atoms with van der Waals surface area (Å²) < 4.78 is 16.9. The van der Waals surface area contributed by atoms with Crippen molar-refractivity contribution < 1.29 is 29.3 Å². The second-order valence-corrected chi connectivity index (χ2v) is 9.75. The predicted octanol–water partition coefficient (Wildman–Crippen LogP) is 1.67. The van der Waals surface area contributed by atoms with Crippen molar-refractivity contribution >= 4 is 53.5 Å². The van der Waals surface area contributed by atoms with Crippen molar-refractivity contribution in [3.8, 4) is 0 Å². The van der Waals surface area contributed by atoms with E-state index in [1.807, 2.05) is 0 Å². The first-order valence-electron chi connectivity index (χ1n) is 10.1. The number of fused-ring (bicyclic) bond motifs is 5. The summed E-state index contributed by atoms with van der Waals surface area (Å²) in [6.07, 6.45) is 4.44. The van der Waals surface area contributed by atoms with Crippen LogP contribution in [0.3, 0.4) is 0 Å². The molecular formula is C22H31ClFNaO5. The van der Waals surface area contributed by atoms with Gasteiger partial charge in [-0.2, -0.15) is 0 Å². The maximum atomic E-state index is 16.9. The molecule has 4 aliphatic carbocycles. The topological polar surface area (TPSA) is 94.8 Å². The predicted molar refractivity (Wildman–Crippen MR) is 114 cm³/mol. The second kappa shape index (κ2) is 8.05. The minimum atomic E-state index is -1.98. The average Bonchev–Trinajstić information content (AvgIpc) is 2.84. The first-order chi connectivity index (χ1) is 13.0. The fourth-order valence-corrected chi connectivity index (χ4v) is 7.26. The number of ketones is 2. The van der Waals surface area contributed by atoms with Crippen LogP contribution in [0.5, 0.6) is 0 Å². The average molecular weight is 453 g/mol. The van der Waals surface area contributed by atoms with Crippen LogP contribution in [0, 0.1) is 28.6 Å². The SMILES string of the molecule is C[C@@H]1C[C@H]2[C@@H]3CCC4=CC(=O)C=C[C@]4(C)[C@@]3(F)[C@@H](O)C[C@]2(C)[C@@]1(O)C(=O)CO.Cl.[NaH]. The van der Waals surface area contributed by atoms with E-state index in [2.05, 4.69) is 0 Å². The monoisotopic (exact) mass is 452 g/mol. The van der Waals surface area contributed by atoms with Gasteiger partial charge in [-0.15, -0.1) is 12.4 Å². The number of hydrogen-bond acceptors (Lipinski definition) is 5. The number of carbonyl (C=O) groups is 2. The minimum absolute atomic E-state index is 0. The fraction of sp³-hybridized carbons (Fsp3) is 0.727. The number of carbonyl (C=O) groups excluding carboxylic acids is 2. The number of hydrogen-bond donors (Lipinski definition) is 3. The Bertz CT molecular complexity index is 817. The molecule has 0 spiro atoms. The van der Waals surface area contributed by atoms with E-state index < -0.39 is 52.4 Å². The van der Waals surface area contributed by atoms with E-state index in [0.717, 1.165) is 0 Å². The van der Waals surface area contributed by atoms with Gasteiger partial charge in [0.05, 0.1) is 6.10 Å². The summed E-state index contributed by atoms with van der Waals surface area (Å²) in [7, 11) is 0. The number of rotatable bonds is 2. The van der Waals surface area contributed by atoms with Crippen molar-refractivity contribution in [1.82, 2.24) is 0 Å². The molecule has 30 heavy (non-hydrogen) atoms. The molecule has 0 bridgehead atoms. The first-order valence-corrected chi connectivity index (χ1v) is 10.1. The van der Waals surface area contributed by atoms with Crippen LogP contribution in [-0.2, 0) is 9.59 Å². The molecule has 0 aromatic heterocycles. The number of alkyl halides is 1. The Morgan fingerprint density at radius 3 is 2.53 bits per heavy atom. The van der Waals surface area contributed by atoms with E-state index >= 15 is 4.39 Å². The zero-order valence-corrected chi connectivity index (χ0v) is 17.8. The van der Waals surface area contributed by atoms with Crippen LogP contribution < -0.4 is 0 Å². The van der Waals surface area contributed by atoms with Crippen molar-refractivity contribution in [2.75, 3.05) is 6.61 Å². The third-order valence-corrected chi connectivity index (χ3v) is 8.79. The molecule has 0 unspecified atom stereocenters. The molecule has 0 radical (unpaired) electrons. The van der Waals surface area contributed by atoms with Crippen molar-refractivity contribution in [1.29, 1.82) is 0 Å². The third kappa shape index (κ3) is 2.87. The summed E-state index contributed by atoms with van der Waals surface area (Å²) in [6.45, 7) is 4.48. The number of halogens is 2. The zero-order chi connectivity index (χ0) is 20.7. The van der Waals surface area contributed by atoms with Gasteiger partial charge in [0.2, 0.25) is 0 Å². The maximum absolute atomic E-state index is 16.9. The molecular weight excluding hydrogens is 422 g/mol. The van der Waals surface area contributed by atoms with Gasteiger partial charge in [-0.05, 0) is 56.6 Å². The van der Waals surface area contributed by atoms with Gasteiger partial charge in [0, 0.05) is 16.7 Å². The quantitative estimate of drug-likeness (QED) is 0.554. The van der Waals surface area contributed by atoms with Crippen LogP contribution in [0.25, 0.3) is 0 Å². The van der Waals surface area contributed by atoms with Crippen LogP contribution in [0.4, 0.5) is 4.39 Å². The van der Waals surface area contributed by atoms with E-state index in [9.17, 15) is 24.9 Å². The van der Waals surface area contributed by atoms with Gasteiger partial charge < -0.3 is 15.3 Å². The van der Waals surface area contributed by atoms with E-state index in [1.54, 1.807) is 26.8 Å². The van der Waals surface area contributed by atoms with E-state index in [1.165, 1.54) is 12.2 Å². The van der Waals surface area contributed by atoms with E-state index in [0.29, 0.717) is 24.8 Å². The molecule has 8 atom stereocenters. The molecule has 0 aromatic carbocycles. The Morgan fingerprint density at radius 1 is 1.30 bits per heavy atom. The van der Waals surface area contributed by atoms with Crippen LogP contribution in [0.1, 0.15) is 46.5 Å². The Hall–Kier alpha value is -0.0800. The Morgan fingerprint density at radius 2 is 1.93 bits per heavy atom. The van der Waals surface area contributed by atoms with Gasteiger partial charge in [-0.25, -0.2) is 4.39 Å². The van der Waals surface area contributed by atoms with Crippen molar-refractivity contribution in [3.63, 3.8) is 0 Å². The summed E-state index contributed by atoms with van der Waals surface area (Å²) in [5.74, 6) is -2.12. The summed E-state index contributed by atoms with van der Waals surface area (Å²) in [4.78, 5) is 24.4. The normalized spacial score (nSPS) is 49.0. The van der Waals surface area contributed by atoms with Crippen LogP contribution >= 0.6 is 12.4 Å². The Labute approximate surface area is 204 Å². The zero-order valence-electron chi connectivity index (χ0n) is 17.0. The summed E-state index contributed by atoms with van der Waals surface area (Å²) >= 11 is 0. The van der Waals surface area contributed by atoms with Crippen LogP contribution in [-0.4, -0.2) is 80.4 Å². The molecule has 0 aromatic rings. The van der Waals surface area contributed by atoms with Crippen molar-refractivity contribution in [3.05, 3.63) is 23.8 Å². The van der Waals surface area contributed by atoms with Gasteiger partial charge in [0.1, 0.15) is 12.2 Å². The van der Waals surface area contributed by atoms with Crippen molar-refractivity contribution in [2.24, 2.45) is 28.6 Å². The molecule has 0 amide bonds. The summed E-state index contributed by atoms with van der Waals surface area (Å²) in [5.41, 5.74) is -5.17. The third-order valence-electron chi connectivity index (χ3n) is 8.79. The Kier molecular flexibility index (Phi) is 7.02. The fourth-order valence-electron chi connectivity index (χ4n) is 7.26. The number of aliphatic hydroxyl groups excluding tert-OH is 2. The molecule has 4 rings (SSSR count). The Balaban J connectivity index is 0.00000160. The van der Waals surface area contributed by atoms with Gasteiger partial charge in [-0.1, -0.05) is 25.5 Å². The number of aliphatic hydroxyl groups is 3. The molecule has 0 heterocycles. The number of allylic oxidation sites excluding steroid dienone is 4. The van der Waals surface area contributed by atoms with Gasteiger partial charge in [0.25, 0.3) is 0 Å².